The van der Waals surface area contributed by atoms with E-state index in [2.05, 4.69) is 11.9 Å². The van der Waals surface area contributed by atoms with Gasteiger partial charge in [-0.2, -0.15) is 0 Å². The first-order chi connectivity index (χ1) is 15.7. The van der Waals surface area contributed by atoms with Crippen molar-refractivity contribution in [3.05, 3.63) is 47.4 Å². The lowest BCUT2D eigenvalue weighted by Gasteiger charge is -2.33. The number of hydrogen-bond acceptors (Lipinski definition) is 9. The molecule has 1 amide bonds. The summed E-state index contributed by atoms with van der Waals surface area (Å²) >= 11 is 5.76. The molecule has 3 aliphatic heterocycles. The number of ether oxygens (including phenoxy) is 2. The number of phosphoric ester groups is 1. The smallest absolute Gasteiger partial charge is 0.493 e. The van der Waals surface area contributed by atoms with Gasteiger partial charge in [-0.05, 0) is 6.07 Å². The predicted molar refractivity (Wildman–Crippen MR) is 104 cm³/mol. The molecule has 10 nitrogen and oxygen atoms in total. The monoisotopic (exact) mass is 479 g/mol. The molecule has 1 aromatic carbocycles. The van der Waals surface area contributed by atoms with Gasteiger partial charge in [0.2, 0.25) is 5.85 Å². The van der Waals surface area contributed by atoms with E-state index >= 15 is 4.39 Å². The summed E-state index contributed by atoms with van der Waals surface area (Å²) in [6, 6.07) is 4.70. The Bertz CT molecular complexity index is 1130. The second kappa shape index (κ2) is 8.09. The number of halogens is 2. The van der Waals surface area contributed by atoms with Crippen LogP contribution in [0, 0.1) is 0 Å². The molecule has 13 heteroatoms. The van der Waals surface area contributed by atoms with Gasteiger partial charge < -0.3 is 29.3 Å². The number of alkyl halides is 1. The summed E-state index contributed by atoms with van der Waals surface area (Å²) in [5.41, 5.74) is 0.428. The molecule has 0 spiro atoms. The number of hydrogen-bond donors (Lipinski definition) is 2. The Hall–Kier alpha value is -2.14. The van der Waals surface area contributed by atoms with Gasteiger partial charge >= 0.3 is 7.82 Å². The van der Waals surface area contributed by atoms with Crippen LogP contribution in [-0.4, -0.2) is 47.7 Å². The minimum atomic E-state index is -4.77. The number of fused-ring (bicyclic) bond motifs is 1. The second-order valence-corrected chi connectivity index (χ2v) is 8.52. The average Bonchev–Trinajstić information content (AvgIpc) is 3.00. The van der Waals surface area contributed by atoms with Crippen molar-refractivity contribution in [3.63, 3.8) is 0 Å². The number of rotatable bonds is 5. The highest BCUT2D eigenvalue weighted by molar-refractivity contribution is 7.49. The molecule has 168 valence electrons. The van der Waals surface area contributed by atoms with Gasteiger partial charge in [0.1, 0.15) is 23.5 Å². The maximum Gasteiger partial charge on any atom is 0.530 e. The van der Waals surface area contributed by atoms with Crippen LogP contribution in [0.2, 0.25) is 0 Å². The van der Waals surface area contributed by atoms with Crippen molar-refractivity contribution in [3.8, 4) is 11.5 Å². The largest absolute Gasteiger partial charge is 0.530 e. The summed E-state index contributed by atoms with van der Waals surface area (Å²) in [6.45, 7) is -0.381. The first-order valence-corrected chi connectivity index (χ1v) is 10.6. The van der Waals surface area contributed by atoms with Gasteiger partial charge in [-0.1, -0.05) is 30.3 Å². The number of nitrogens with one attached hydrogen (secondary N) is 1. The summed E-state index contributed by atoms with van der Waals surface area (Å²) < 4.78 is 78.8. The van der Waals surface area contributed by atoms with Crippen molar-refractivity contribution in [2.24, 2.45) is 0 Å². The van der Waals surface area contributed by atoms with E-state index in [9.17, 15) is 14.5 Å². The molecule has 3 heterocycles. The molecule has 0 aliphatic carbocycles. The maximum atomic E-state index is 15.8. The zero-order valence-corrected chi connectivity index (χ0v) is 17.6. The summed E-state index contributed by atoms with van der Waals surface area (Å²) in [6.07, 6.45) is -4.99. The molecule has 4 atom stereocenters. The van der Waals surface area contributed by atoms with E-state index in [1.165, 1.54) is 13.2 Å². The minimum absolute atomic E-state index is 0.0364. The predicted octanol–water partition coefficient (Wildman–Crippen LogP) is 2.49. The van der Waals surface area contributed by atoms with Crippen LogP contribution >= 0.6 is 19.4 Å². The molecule has 0 radical (unpaired) electrons. The summed E-state index contributed by atoms with van der Waals surface area (Å²) in [4.78, 5) is 12.4. The first kappa shape index (κ1) is 18.4. The third-order valence-corrected chi connectivity index (χ3v) is 5.86. The van der Waals surface area contributed by atoms with Gasteiger partial charge in [-0.3, -0.25) is 13.8 Å². The van der Waals surface area contributed by atoms with Crippen LogP contribution in [0.1, 0.15) is 16.1 Å². The minimum Gasteiger partial charge on any atom is -0.493 e. The molecule has 3 aliphatic rings. The lowest BCUT2D eigenvalue weighted by Crippen LogP contribution is -2.46. The third kappa shape index (κ3) is 4.30. The van der Waals surface area contributed by atoms with E-state index < -0.39 is 49.9 Å². The zero-order valence-electron chi connectivity index (χ0n) is 19.0. The lowest BCUT2D eigenvalue weighted by molar-refractivity contribution is -0.184. The Morgan fingerprint density at radius 2 is 2.39 bits per heavy atom. The third-order valence-electron chi connectivity index (χ3n) is 4.42. The quantitative estimate of drug-likeness (QED) is 0.614. The normalized spacial score (nSPS) is 37.0. The van der Waals surface area contributed by atoms with E-state index in [1.807, 2.05) is 0 Å². The summed E-state index contributed by atoms with van der Waals surface area (Å²) in [5.74, 6) is -4.45. The standard InChI is InChI=1S/C18H19ClFN2O8P/c1-10-21-16(24)12(19)7-22(10)17-13(23)6-18(20,29-17)9-28-31(25)27-8-11-4-3-5-14(26-2)15(11)30-31/h3-5,7,13,17,23H,1,6,8-9H2,2H3,(H,21,24)/t13-,17-,18+,31?/m1/s1/i9D2,17D. The fourth-order valence-electron chi connectivity index (χ4n) is 2.98. The number of aliphatic hydroxyl groups is 1. The number of phosphoric acid groups is 1. The van der Waals surface area contributed by atoms with Gasteiger partial charge in [0, 0.05) is 18.2 Å². The molecular weight excluding hydrogens is 458 g/mol. The molecule has 1 unspecified atom stereocenters. The first-order valence-electron chi connectivity index (χ1n) is 10.3. The number of para-hydroxylation sites is 1. The van der Waals surface area contributed by atoms with Crippen LogP contribution in [0.3, 0.4) is 0 Å². The van der Waals surface area contributed by atoms with Gasteiger partial charge in [-0.15, -0.1) is 0 Å². The molecule has 4 rings (SSSR count). The molecule has 1 aromatic rings. The Labute approximate surface area is 185 Å². The highest BCUT2D eigenvalue weighted by Crippen LogP contribution is 2.57. The van der Waals surface area contributed by atoms with Crippen molar-refractivity contribution in [1.29, 1.82) is 0 Å². The number of nitrogens with zero attached hydrogens (tertiary/aromatic N) is 1. The molecule has 0 saturated carbocycles. The Morgan fingerprint density at radius 3 is 3.13 bits per heavy atom. The topological polar surface area (TPSA) is 116 Å². The van der Waals surface area contributed by atoms with Gasteiger partial charge in [0.15, 0.2) is 17.7 Å². The maximum absolute atomic E-state index is 15.8. The molecular formula is C18H19ClFN2O8P. The molecule has 0 aromatic heterocycles. The van der Waals surface area contributed by atoms with E-state index in [0.717, 1.165) is 11.1 Å². The van der Waals surface area contributed by atoms with Gasteiger partial charge in [0.25, 0.3) is 5.91 Å². The fourth-order valence-corrected chi connectivity index (χ4v) is 4.24. The Kier molecular flexibility index (Phi) is 4.81. The number of amides is 1. The van der Waals surface area contributed by atoms with Crippen LogP contribution in [0.5, 0.6) is 11.5 Å². The average molecular weight is 480 g/mol. The highest BCUT2D eigenvalue weighted by atomic mass is 35.5. The molecule has 31 heavy (non-hydrogen) atoms. The summed E-state index contributed by atoms with van der Waals surface area (Å²) in [5, 5.41) is 12.2. The SMILES string of the molecule is [2H]C([2H])(OP1(=O)OCc2cccc(OC)c2O1)[C@]1(F)C[C@@H](O)[C@]([2H])(N2C=C(Cl)C(=O)NC2=C)O1. The molecule has 1 saturated heterocycles. The number of aliphatic hydroxyl groups excluding tert-OH is 1. The van der Waals surface area contributed by atoms with Crippen molar-refractivity contribution in [1.82, 2.24) is 10.2 Å². The Balaban J connectivity index is 1.60. The molecule has 1 fully saturated rings. The summed E-state index contributed by atoms with van der Waals surface area (Å²) in [7, 11) is -3.44. The Morgan fingerprint density at radius 1 is 1.61 bits per heavy atom. The van der Waals surface area contributed by atoms with E-state index in [1.54, 1.807) is 12.1 Å². The van der Waals surface area contributed by atoms with Crippen LogP contribution in [0.4, 0.5) is 4.39 Å². The number of methoxy groups -OCH3 is 1. The van der Waals surface area contributed by atoms with Crippen LogP contribution in [0.15, 0.2) is 41.8 Å². The lowest BCUT2D eigenvalue weighted by atomic mass is 10.1. The molecule has 2 N–H and O–H groups in total. The van der Waals surface area contributed by atoms with Gasteiger partial charge in [0.05, 0.1) is 17.8 Å². The van der Waals surface area contributed by atoms with Crippen molar-refractivity contribution < 1.29 is 46.0 Å². The van der Waals surface area contributed by atoms with Crippen LogP contribution in [0.25, 0.3) is 0 Å². The number of carbonyl (C=O) groups is 1. The van der Waals surface area contributed by atoms with Crippen LogP contribution < -0.4 is 14.6 Å². The fraction of sp³-hybridized carbons (Fsp3) is 0.389. The van der Waals surface area contributed by atoms with Crippen LogP contribution in [-0.2, 0) is 29.8 Å². The van der Waals surface area contributed by atoms with Crippen molar-refractivity contribution in [2.45, 2.75) is 31.2 Å². The highest BCUT2D eigenvalue weighted by Gasteiger charge is 2.52. The van der Waals surface area contributed by atoms with E-state index in [4.69, 9.17) is 38.8 Å². The zero-order chi connectivity index (χ0) is 25.1. The van der Waals surface area contributed by atoms with E-state index in [-0.39, 0.29) is 23.9 Å². The second-order valence-electron chi connectivity index (χ2n) is 6.59. The molecule has 0 bridgehead atoms. The van der Waals surface area contributed by atoms with Crippen molar-refractivity contribution >= 4 is 25.3 Å². The number of carbonyl (C=O) groups excluding carboxylic acids is 1. The van der Waals surface area contributed by atoms with Crippen molar-refractivity contribution in [2.75, 3.05) is 13.7 Å². The van der Waals surface area contributed by atoms with E-state index in [0.29, 0.717) is 5.56 Å². The van der Waals surface area contributed by atoms with Gasteiger partial charge in [-0.25, -0.2) is 8.96 Å². The number of benzene rings is 1.